The Hall–Kier alpha value is -1.27. The zero-order chi connectivity index (χ0) is 22.6. The summed E-state index contributed by atoms with van der Waals surface area (Å²) in [4.78, 5) is 15.6. The number of sulfonamides is 1. The van der Waals surface area contributed by atoms with Crippen molar-refractivity contribution in [2.45, 2.75) is 72.0 Å². The van der Waals surface area contributed by atoms with Crippen molar-refractivity contribution in [3.05, 3.63) is 0 Å². The lowest BCUT2D eigenvalue weighted by molar-refractivity contribution is 0.120. The lowest BCUT2D eigenvalue weighted by Gasteiger charge is -2.39. The van der Waals surface area contributed by atoms with Crippen LogP contribution in [0.25, 0.3) is 0 Å². The van der Waals surface area contributed by atoms with Gasteiger partial charge >= 0.3 is 6.03 Å². The third-order valence-corrected chi connectivity index (χ3v) is 9.47. The minimum atomic E-state index is -4.22. The minimum Gasteiger partial charge on any atom is -0.308 e. The number of hydrazine groups is 1. The Bertz CT molecular complexity index is 868. The molecule has 2 saturated carbocycles. The smallest absolute Gasteiger partial charge is 0.308 e. The summed E-state index contributed by atoms with van der Waals surface area (Å²) in [5.41, 5.74) is 2.96. The zero-order valence-electron chi connectivity index (χ0n) is 16.3. The van der Waals surface area contributed by atoms with Gasteiger partial charge in [-0.15, -0.1) is 6.42 Å². The number of nitrogens with one attached hydrogen (secondary N) is 3. The molecule has 14 heteroatoms. The molecule has 0 aromatic heterocycles. The monoisotopic (exact) mass is 485 g/mol. The number of alkyl halides is 4. The minimum absolute atomic E-state index is 0.118. The van der Waals surface area contributed by atoms with Crippen molar-refractivity contribution in [2.24, 2.45) is 0 Å². The van der Waals surface area contributed by atoms with E-state index in [9.17, 15) is 26.4 Å². The standard InChI is InChI=1S/C17H23F4N5O3S2/c1-2-5-25-10-6-9(19)12(31(28,29)24-17(8-18)3-4-17)7-11(10)26(16(25)27)15-23-22-14(30-15)13(20)21/h1,9-15,22-24H,3-8H2. The average Bonchev–Trinajstić information content (AvgIpc) is 3.19. The van der Waals surface area contributed by atoms with Gasteiger partial charge < -0.3 is 4.90 Å². The van der Waals surface area contributed by atoms with Crippen LogP contribution in [0.5, 0.6) is 0 Å². The number of urea groups is 1. The van der Waals surface area contributed by atoms with Crippen LogP contribution in [0.3, 0.4) is 0 Å². The molecule has 31 heavy (non-hydrogen) atoms. The molecule has 2 heterocycles. The van der Waals surface area contributed by atoms with E-state index in [1.54, 1.807) is 0 Å². The van der Waals surface area contributed by atoms with Crippen molar-refractivity contribution >= 4 is 27.8 Å². The van der Waals surface area contributed by atoms with Crippen molar-refractivity contribution in [1.29, 1.82) is 0 Å². The molecule has 174 valence electrons. The van der Waals surface area contributed by atoms with Gasteiger partial charge in [-0.1, -0.05) is 17.7 Å². The SMILES string of the molecule is C#CCN1C(=O)N(C2NNC(C(F)F)S2)C2CC(S(=O)(=O)NC3(CF)CC3)C(F)CC21. The summed E-state index contributed by atoms with van der Waals surface area (Å²) in [7, 11) is -4.22. The van der Waals surface area contributed by atoms with Crippen LogP contribution in [-0.4, -0.2) is 83.8 Å². The number of hydrogen-bond acceptors (Lipinski definition) is 6. The number of fused-ring (bicyclic) bond motifs is 1. The van der Waals surface area contributed by atoms with Gasteiger partial charge in [0, 0.05) is 6.42 Å². The van der Waals surface area contributed by atoms with Crippen molar-refractivity contribution in [3.8, 4) is 12.3 Å². The predicted molar refractivity (Wildman–Crippen MR) is 106 cm³/mol. The molecule has 6 unspecified atom stereocenters. The maximum absolute atomic E-state index is 15.0. The summed E-state index contributed by atoms with van der Waals surface area (Å²) in [6, 6.07) is -2.04. The Morgan fingerprint density at radius 3 is 2.55 bits per heavy atom. The van der Waals surface area contributed by atoms with E-state index >= 15 is 4.39 Å². The summed E-state index contributed by atoms with van der Waals surface area (Å²) >= 11 is 0.775. The van der Waals surface area contributed by atoms with Gasteiger partial charge in [0.15, 0.2) is 0 Å². The van der Waals surface area contributed by atoms with Crippen LogP contribution in [0.15, 0.2) is 0 Å². The van der Waals surface area contributed by atoms with Crippen molar-refractivity contribution < 1.29 is 30.8 Å². The summed E-state index contributed by atoms with van der Waals surface area (Å²) in [6.45, 7) is -1.00. The number of carbonyl (C=O) groups excluding carboxylic acids is 1. The number of amides is 2. The molecule has 4 fully saturated rings. The predicted octanol–water partition coefficient (Wildman–Crippen LogP) is 0.732. The van der Waals surface area contributed by atoms with Crippen LogP contribution in [0.4, 0.5) is 22.4 Å². The summed E-state index contributed by atoms with van der Waals surface area (Å²) in [5, 5.41) is -2.76. The van der Waals surface area contributed by atoms with Gasteiger partial charge in [0.05, 0.1) is 24.2 Å². The molecule has 6 atom stereocenters. The molecule has 0 aromatic rings. The van der Waals surface area contributed by atoms with E-state index < -0.39 is 69.1 Å². The second-order valence-corrected chi connectivity index (χ2v) is 11.4. The van der Waals surface area contributed by atoms with Gasteiger partial charge in [-0.25, -0.2) is 46.3 Å². The second kappa shape index (κ2) is 8.26. The lowest BCUT2D eigenvalue weighted by atomic mass is 9.88. The van der Waals surface area contributed by atoms with Gasteiger partial charge in [-0.3, -0.25) is 4.90 Å². The van der Waals surface area contributed by atoms with E-state index in [0.29, 0.717) is 12.8 Å². The highest BCUT2D eigenvalue weighted by Crippen LogP contribution is 2.43. The fourth-order valence-corrected chi connectivity index (χ4v) is 7.45. The first-order valence-corrected chi connectivity index (χ1v) is 12.3. The molecule has 2 saturated heterocycles. The molecule has 4 aliphatic rings. The number of carbonyl (C=O) groups is 1. The van der Waals surface area contributed by atoms with Crippen LogP contribution in [-0.2, 0) is 10.0 Å². The Kier molecular flexibility index (Phi) is 6.10. The maximum Gasteiger partial charge on any atom is 0.323 e. The largest absolute Gasteiger partial charge is 0.323 e. The Morgan fingerprint density at radius 2 is 2.00 bits per heavy atom. The van der Waals surface area contributed by atoms with E-state index in [1.807, 2.05) is 0 Å². The molecule has 2 aliphatic carbocycles. The van der Waals surface area contributed by atoms with Gasteiger partial charge in [0.1, 0.15) is 29.0 Å². The Morgan fingerprint density at radius 1 is 1.29 bits per heavy atom. The third kappa shape index (κ3) is 4.10. The van der Waals surface area contributed by atoms with Gasteiger partial charge in [-0.2, -0.15) is 0 Å². The van der Waals surface area contributed by atoms with Crippen molar-refractivity contribution in [3.63, 3.8) is 0 Å². The second-order valence-electron chi connectivity index (χ2n) is 8.28. The topological polar surface area (TPSA) is 93.8 Å². The summed E-state index contributed by atoms with van der Waals surface area (Å²) in [5.74, 6) is 2.34. The number of terminal acetylenes is 1. The first-order valence-electron chi connectivity index (χ1n) is 9.82. The number of nitrogens with zero attached hydrogens (tertiary/aromatic N) is 2. The van der Waals surface area contributed by atoms with Gasteiger partial charge in [0.25, 0.3) is 6.43 Å². The van der Waals surface area contributed by atoms with Crippen LogP contribution in [0.2, 0.25) is 0 Å². The highest BCUT2D eigenvalue weighted by atomic mass is 32.2. The zero-order valence-corrected chi connectivity index (χ0v) is 17.9. The van der Waals surface area contributed by atoms with E-state index in [1.165, 1.54) is 9.80 Å². The Labute approximate surface area is 181 Å². The third-order valence-electron chi connectivity index (χ3n) is 6.25. The van der Waals surface area contributed by atoms with Crippen LogP contribution < -0.4 is 15.6 Å². The molecule has 2 amide bonds. The molecule has 2 aliphatic heterocycles. The van der Waals surface area contributed by atoms with Gasteiger partial charge in [0.2, 0.25) is 10.0 Å². The summed E-state index contributed by atoms with van der Waals surface area (Å²) < 4.78 is 82.4. The molecule has 0 aromatic carbocycles. The normalized spacial score (nSPS) is 37.2. The number of hydrogen-bond donors (Lipinski definition) is 3. The van der Waals surface area contributed by atoms with Crippen molar-refractivity contribution in [1.82, 2.24) is 25.4 Å². The molecule has 4 rings (SSSR count). The molecule has 0 bridgehead atoms. The number of halogens is 4. The molecule has 0 spiro atoms. The molecule has 0 radical (unpaired) electrons. The first kappa shape index (κ1) is 22.9. The quantitative estimate of drug-likeness (QED) is 0.364. The van der Waals surface area contributed by atoms with Crippen LogP contribution in [0, 0.1) is 12.3 Å². The fraction of sp³-hybridized carbons (Fsp3) is 0.824. The number of rotatable bonds is 7. The highest BCUT2D eigenvalue weighted by Gasteiger charge is 2.58. The highest BCUT2D eigenvalue weighted by molar-refractivity contribution is 8.00. The average molecular weight is 486 g/mol. The fourth-order valence-electron chi connectivity index (χ4n) is 4.44. The molecular formula is C17H23F4N5O3S2. The Balaban J connectivity index is 1.58. The van der Waals surface area contributed by atoms with E-state index in [4.69, 9.17) is 6.42 Å². The lowest BCUT2D eigenvalue weighted by Crippen LogP contribution is -2.57. The molecule has 3 N–H and O–H groups in total. The first-order chi connectivity index (χ1) is 14.6. The molecule has 8 nitrogen and oxygen atoms in total. The van der Waals surface area contributed by atoms with E-state index in [2.05, 4.69) is 21.5 Å². The van der Waals surface area contributed by atoms with Crippen LogP contribution >= 0.6 is 11.8 Å². The summed E-state index contributed by atoms with van der Waals surface area (Å²) in [6.07, 6.45) is 0.995. The van der Waals surface area contributed by atoms with Gasteiger partial charge in [-0.05, 0) is 19.3 Å². The van der Waals surface area contributed by atoms with Crippen molar-refractivity contribution in [2.75, 3.05) is 13.2 Å². The van der Waals surface area contributed by atoms with E-state index in [-0.39, 0.29) is 19.4 Å². The van der Waals surface area contributed by atoms with Crippen LogP contribution in [0.1, 0.15) is 25.7 Å². The maximum atomic E-state index is 15.0. The molecular weight excluding hydrogens is 462 g/mol. The van der Waals surface area contributed by atoms with E-state index in [0.717, 1.165) is 11.8 Å². The number of thioether (sulfide) groups is 1.